The molecule has 2 heterocycles. The Kier molecular flexibility index (Phi) is 3.50. The van der Waals surface area contributed by atoms with Crippen molar-refractivity contribution in [2.24, 2.45) is 7.05 Å². The molecule has 1 aliphatic rings. The maximum Gasteiger partial charge on any atom is 0.169 e. The zero-order chi connectivity index (χ0) is 13.5. The molecule has 102 valence electrons. The van der Waals surface area contributed by atoms with Crippen LogP contribution < -0.4 is 10.6 Å². The molecule has 6 nitrogen and oxygen atoms in total. The highest BCUT2D eigenvalue weighted by Crippen LogP contribution is 2.32. The first-order chi connectivity index (χ1) is 8.32. The van der Waals surface area contributed by atoms with E-state index in [2.05, 4.69) is 5.10 Å². The molecule has 1 aromatic heterocycles. The summed E-state index contributed by atoms with van der Waals surface area (Å²) in [6.07, 6.45) is 1.27. The minimum Gasteiger partial charge on any atom is -0.394 e. The molecule has 1 atom stereocenters. The maximum absolute atomic E-state index is 11.9. The number of sulfone groups is 1. The second-order valence-corrected chi connectivity index (χ2v) is 7.85. The molecule has 0 saturated carbocycles. The van der Waals surface area contributed by atoms with Crippen LogP contribution in [0, 0.1) is 6.92 Å². The van der Waals surface area contributed by atoms with Gasteiger partial charge in [0.2, 0.25) is 0 Å². The van der Waals surface area contributed by atoms with Crippen molar-refractivity contribution in [2.45, 2.75) is 12.3 Å². The number of aromatic nitrogens is 2. The fraction of sp³-hybridized carbons (Fsp3) is 0.700. The normalized spacial score (nSPS) is 21.3. The number of thioether (sulfide) groups is 1. The summed E-state index contributed by atoms with van der Waals surface area (Å²) < 4.78 is 25.4. The molecular formula is C10H18N4O2S2. The van der Waals surface area contributed by atoms with Crippen molar-refractivity contribution in [3.05, 3.63) is 5.69 Å². The molecule has 1 unspecified atom stereocenters. The molecule has 1 fully saturated rings. The molecule has 1 aliphatic heterocycles. The molecule has 2 N–H and O–H groups in total. The van der Waals surface area contributed by atoms with Crippen LogP contribution in [0.25, 0.3) is 0 Å². The highest BCUT2D eigenvalue weighted by atomic mass is 32.2. The van der Waals surface area contributed by atoms with E-state index in [1.807, 2.05) is 11.8 Å². The van der Waals surface area contributed by atoms with Gasteiger partial charge in [-0.25, -0.2) is 8.42 Å². The van der Waals surface area contributed by atoms with Crippen LogP contribution in [0.2, 0.25) is 0 Å². The third-order valence-corrected chi connectivity index (χ3v) is 5.73. The first-order valence-electron chi connectivity index (χ1n) is 5.64. The lowest BCUT2D eigenvalue weighted by Gasteiger charge is -2.35. The molecule has 1 saturated heterocycles. The Morgan fingerprint density at radius 2 is 2.17 bits per heavy atom. The number of hydrogen-bond acceptors (Lipinski definition) is 6. The Balaban J connectivity index is 2.46. The molecule has 18 heavy (non-hydrogen) atoms. The summed E-state index contributed by atoms with van der Waals surface area (Å²) in [6, 6.07) is 0. The summed E-state index contributed by atoms with van der Waals surface area (Å²) in [7, 11) is -1.35. The Morgan fingerprint density at radius 1 is 1.50 bits per heavy atom. The number of nitrogens with zero attached hydrogens (tertiary/aromatic N) is 3. The number of hydrogen-bond donors (Lipinski definition) is 1. The van der Waals surface area contributed by atoms with Gasteiger partial charge in [-0.15, -0.1) is 0 Å². The predicted molar refractivity (Wildman–Crippen MR) is 75.7 cm³/mol. The van der Waals surface area contributed by atoms with Gasteiger partial charge in [0, 0.05) is 31.4 Å². The van der Waals surface area contributed by atoms with Gasteiger partial charge in [-0.05, 0) is 6.92 Å². The van der Waals surface area contributed by atoms with E-state index >= 15 is 0 Å². The molecule has 0 aromatic carbocycles. The molecule has 0 amide bonds. The standard InChI is InChI=1S/C10H18N4O2S2/c1-7-9(11)10(13(2)12-7)14-4-5-17-6-8(14)18(3,15)16/h8H,4-6,11H2,1-3H3. The maximum atomic E-state index is 11.9. The first kappa shape index (κ1) is 13.5. The largest absolute Gasteiger partial charge is 0.394 e. The SMILES string of the molecule is Cc1nn(C)c(N2CCSCC2S(C)(=O)=O)c1N. The molecule has 0 spiro atoms. The number of aryl methyl sites for hydroxylation is 2. The van der Waals surface area contributed by atoms with Crippen LogP contribution in [-0.2, 0) is 16.9 Å². The summed E-state index contributed by atoms with van der Waals surface area (Å²) in [4.78, 5) is 1.86. The Labute approximate surface area is 111 Å². The van der Waals surface area contributed by atoms with E-state index in [1.54, 1.807) is 23.5 Å². The van der Waals surface area contributed by atoms with Gasteiger partial charge in [-0.3, -0.25) is 4.68 Å². The van der Waals surface area contributed by atoms with Crippen LogP contribution in [0.3, 0.4) is 0 Å². The van der Waals surface area contributed by atoms with Gasteiger partial charge in [0.15, 0.2) is 15.7 Å². The average molecular weight is 290 g/mol. The van der Waals surface area contributed by atoms with Crippen LogP contribution in [0.5, 0.6) is 0 Å². The van der Waals surface area contributed by atoms with Gasteiger partial charge in [0.05, 0.1) is 11.4 Å². The van der Waals surface area contributed by atoms with E-state index in [4.69, 9.17) is 5.73 Å². The Morgan fingerprint density at radius 3 is 2.67 bits per heavy atom. The molecule has 0 bridgehead atoms. The molecular weight excluding hydrogens is 272 g/mol. The summed E-state index contributed by atoms with van der Waals surface area (Å²) in [5, 5.41) is 3.73. The number of anilines is 2. The van der Waals surface area contributed by atoms with Crippen LogP contribution in [0.15, 0.2) is 0 Å². The van der Waals surface area contributed by atoms with Gasteiger partial charge in [-0.2, -0.15) is 16.9 Å². The lowest BCUT2D eigenvalue weighted by Crippen LogP contribution is -2.48. The second kappa shape index (κ2) is 4.65. The molecule has 8 heteroatoms. The van der Waals surface area contributed by atoms with Gasteiger partial charge in [-0.1, -0.05) is 0 Å². The van der Waals surface area contributed by atoms with E-state index in [0.717, 1.165) is 11.4 Å². The first-order valence-corrected chi connectivity index (χ1v) is 8.75. The zero-order valence-corrected chi connectivity index (χ0v) is 12.4. The third-order valence-electron chi connectivity index (χ3n) is 3.09. The molecule has 0 aliphatic carbocycles. The summed E-state index contributed by atoms with van der Waals surface area (Å²) >= 11 is 1.66. The zero-order valence-electron chi connectivity index (χ0n) is 10.8. The number of rotatable bonds is 2. The van der Waals surface area contributed by atoms with Crippen molar-refractivity contribution in [1.29, 1.82) is 0 Å². The van der Waals surface area contributed by atoms with E-state index in [0.29, 0.717) is 23.8 Å². The molecule has 1 aromatic rings. The summed E-state index contributed by atoms with van der Waals surface area (Å²) in [5.41, 5.74) is 7.32. The Hall–Kier alpha value is -0.890. The number of nitrogens with two attached hydrogens (primary N) is 1. The molecule has 2 rings (SSSR count). The van der Waals surface area contributed by atoms with Gasteiger partial charge in [0.1, 0.15) is 5.37 Å². The minimum absolute atomic E-state index is 0.520. The predicted octanol–water partition coefficient (Wildman–Crippen LogP) is 0.235. The fourth-order valence-electron chi connectivity index (χ4n) is 2.18. The van der Waals surface area contributed by atoms with E-state index in [-0.39, 0.29) is 0 Å². The van der Waals surface area contributed by atoms with Crippen molar-refractivity contribution < 1.29 is 8.42 Å². The van der Waals surface area contributed by atoms with E-state index < -0.39 is 15.2 Å². The van der Waals surface area contributed by atoms with Gasteiger partial charge < -0.3 is 10.6 Å². The number of nitrogen functional groups attached to an aromatic ring is 1. The fourth-order valence-corrected chi connectivity index (χ4v) is 5.00. The van der Waals surface area contributed by atoms with Crippen LogP contribution in [0.4, 0.5) is 11.5 Å². The lowest BCUT2D eigenvalue weighted by molar-refractivity contribution is 0.581. The summed E-state index contributed by atoms with van der Waals surface area (Å²) in [6.45, 7) is 2.50. The third kappa shape index (κ3) is 2.31. The molecule has 0 radical (unpaired) electrons. The highest BCUT2D eigenvalue weighted by Gasteiger charge is 2.34. The van der Waals surface area contributed by atoms with Crippen molar-refractivity contribution in [2.75, 3.05) is 34.9 Å². The smallest absolute Gasteiger partial charge is 0.169 e. The van der Waals surface area contributed by atoms with Gasteiger partial charge >= 0.3 is 0 Å². The lowest BCUT2D eigenvalue weighted by atomic mass is 10.3. The van der Waals surface area contributed by atoms with Crippen molar-refractivity contribution in [3.8, 4) is 0 Å². The van der Waals surface area contributed by atoms with Crippen LogP contribution in [-0.4, -0.2) is 47.9 Å². The monoisotopic (exact) mass is 290 g/mol. The Bertz CT molecular complexity index is 552. The average Bonchev–Trinajstić information content (AvgIpc) is 2.52. The van der Waals surface area contributed by atoms with Crippen molar-refractivity contribution in [1.82, 2.24) is 9.78 Å². The quantitative estimate of drug-likeness (QED) is 0.840. The van der Waals surface area contributed by atoms with Gasteiger partial charge in [0.25, 0.3) is 0 Å². The van der Waals surface area contributed by atoms with Crippen LogP contribution >= 0.6 is 11.8 Å². The van der Waals surface area contributed by atoms with E-state index in [1.165, 1.54) is 6.26 Å². The minimum atomic E-state index is -3.14. The van der Waals surface area contributed by atoms with Crippen molar-refractivity contribution >= 4 is 33.1 Å². The van der Waals surface area contributed by atoms with E-state index in [9.17, 15) is 8.42 Å². The van der Waals surface area contributed by atoms with Crippen LogP contribution in [0.1, 0.15) is 5.69 Å². The second-order valence-electron chi connectivity index (χ2n) is 4.50. The summed E-state index contributed by atoms with van der Waals surface area (Å²) in [5.74, 6) is 2.18. The topological polar surface area (TPSA) is 81.2 Å². The van der Waals surface area contributed by atoms with Crippen molar-refractivity contribution in [3.63, 3.8) is 0 Å². The highest BCUT2D eigenvalue weighted by molar-refractivity contribution is 8.01.